The first-order valence-corrected chi connectivity index (χ1v) is 8.05. The Kier molecular flexibility index (Phi) is 4.00. The summed E-state index contributed by atoms with van der Waals surface area (Å²) in [6.45, 7) is 3.38. The zero-order valence-corrected chi connectivity index (χ0v) is 12.3. The van der Waals surface area contributed by atoms with Crippen LogP contribution in [0, 0.1) is 0 Å². The van der Waals surface area contributed by atoms with Gasteiger partial charge in [0.25, 0.3) is 0 Å². The first-order valence-electron chi connectivity index (χ1n) is 7.17. The Morgan fingerprint density at radius 1 is 1.37 bits per heavy atom. The zero-order chi connectivity index (χ0) is 13.1. The highest BCUT2D eigenvalue weighted by molar-refractivity contribution is 7.17. The lowest BCUT2D eigenvalue weighted by molar-refractivity contribution is 0.688. The third kappa shape index (κ3) is 3.46. The van der Waals surface area contributed by atoms with E-state index >= 15 is 0 Å². The van der Waals surface area contributed by atoms with E-state index in [1.54, 1.807) is 0 Å². The molecule has 1 nitrogen and oxygen atoms in total. The summed E-state index contributed by atoms with van der Waals surface area (Å²) >= 11 is 1.86. The summed E-state index contributed by atoms with van der Waals surface area (Å²) in [6, 6.07) is 9.53. The van der Waals surface area contributed by atoms with Gasteiger partial charge in [0.15, 0.2) is 0 Å². The van der Waals surface area contributed by atoms with Gasteiger partial charge in [-0.2, -0.15) is 0 Å². The van der Waals surface area contributed by atoms with E-state index in [1.807, 2.05) is 11.3 Å². The maximum Gasteiger partial charge on any atom is 0.0345 e. The van der Waals surface area contributed by atoms with Gasteiger partial charge in [0.2, 0.25) is 0 Å². The average Bonchev–Trinajstić information content (AvgIpc) is 3.17. The van der Waals surface area contributed by atoms with Gasteiger partial charge in [0, 0.05) is 10.7 Å². The van der Waals surface area contributed by atoms with E-state index in [2.05, 4.69) is 48.0 Å². The normalized spacial score (nSPS) is 16.2. The molecule has 100 valence electrons. The summed E-state index contributed by atoms with van der Waals surface area (Å²) in [4.78, 5) is 0. The highest BCUT2D eigenvalue weighted by Gasteiger charge is 2.19. The molecule has 0 aliphatic heterocycles. The van der Waals surface area contributed by atoms with Crippen LogP contribution in [0.4, 0.5) is 0 Å². The Morgan fingerprint density at radius 2 is 2.21 bits per heavy atom. The summed E-state index contributed by atoms with van der Waals surface area (Å²) < 4.78 is 1.40. The number of fused-ring (bicyclic) bond motifs is 1. The fourth-order valence-corrected chi connectivity index (χ4v) is 3.40. The third-order valence-electron chi connectivity index (χ3n) is 3.68. The number of benzene rings is 1. The molecular weight excluding hydrogens is 250 g/mol. The molecule has 2 aromatic rings. The van der Waals surface area contributed by atoms with Crippen LogP contribution >= 0.6 is 11.3 Å². The van der Waals surface area contributed by atoms with Crippen molar-refractivity contribution in [3.05, 3.63) is 46.9 Å². The molecule has 19 heavy (non-hydrogen) atoms. The predicted octanol–water partition coefficient (Wildman–Crippen LogP) is 4.53. The lowest BCUT2D eigenvalue weighted by Crippen LogP contribution is -2.16. The van der Waals surface area contributed by atoms with Crippen LogP contribution < -0.4 is 5.32 Å². The van der Waals surface area contributed by atoms with Gasteiger partial charge in [0.1, 0.15) is 0 Å². The van der Waals surface area contributed by atoms with E-state index in [-0.39, 0.29) is 0 Å². The van der Waals surface area contributed by atoms with Gasteiger partial charge in [0.05, 0.1) is 0 Å². The van der Waals surface area contributed by atoms with Crippen LogP contribution in [-0.2, 0) is 6.42 Å². The van der Waals surface area contributed by atoms with Crippen molar-refractivity contribution < 1.29 is 0 Å². The number of hydrogen-bond acceptors (Lipinski definition) is 2. The maximum atomic E-state index is 3.56. The standard InChI is InChI=1S/C17H21NS/c1-13(5-4-10-18-15-8-9-15)11-14-12-19-17-7-3-2-6-16(14)17/h2-3,5-7,12,15,18H,4,8-11H2,1H3. The van der Waals surface area contributed by atoms with Gasteiger partial charge in [-0.15, -0.1) is 11.3 Å². The molecule has 1 aliphatic rings. The molecule has 0 bridgehead atoms. The number of rotatable bonds is 6. The van der Waals surface area contributed by atoms with Crippen molar-refractivity contribution in [3.63, 3.8) is 0 Å². The van der Waals surface area contributed by atoms with Crippen LogP contribution in [0.3, 0.4) is 0 Å². The van der Waals surface area contributed by atoms with Crippen LogP contribution in [-0.4, -0.2) is 12.6 Å². The van der Waals surface area contributed by atoms with Crippen molar-refractivity contribution in [2.45, 2.75) is 38.6 Å². The topological polar surface area (TPSA) is 12.0 Å². The second-order valence-electron chi connectivity index (χ2n) is 5.50. The quantitative estimate of drug-likeness (QED) is 0.601. The Bertz CT molecular complexity index is 578. The lowest BCUT2D eigenvalue weighted by atomic mass is 10.0. The molecule has 1 N–H and O–H groups in total. The molecule has 1 aromatic carbocycles. The molecular formula is C17H21NS. The van der Waals surface area contributed by atoms with Crippen molar-refractivity contribution in [1.82, 2.24) is 5.32 Å². The molecule has 0 amide bonds. The molecule has 1 fully saturated rings. The molecule has 1 aromatic heterocycles. The SMILES string of the molecule is CC(=CCCNC1CC1)Cc1csc2ccccc12. The van der Waals surface area contributed by atoms with Crippen LogP contribution in [0.15, 0.2) is 41.3 Å². The monoisotopic (exact) mass is 271 g/mol. The molecule has 0 atom stereocenters. The highest BCUT2D eigenvalue weighted by atomic mass is 32.1. The van der Waals surface area contributed by atoms with E-state index in [1.165, 1.54) is 34.1 Å². The molecule has 1 aliphatic carbocycles. The van der Waals surface area contributed by atoms with Gasteiger partial charge < -0.3 is 5.32 Å². The Morgan fingerprint density at radius 3 is 3.05 bits per heavy atom. The third-order valence-corrected chi connectivity index (χ3v) is 4.69. The lowest BCUT2D eigenvalue weighted by Gasteiger charge is -2.02. The molecule has 0 radical (unpaired) electrons. The van der Waals surface area contributed by atoms with Crippen molar-refractivity contribution in [1.29, 1.82) is 0 Å². The summed E-state index contributed by atoms with van der Waals surface area (Å²) in [5.74, 6) is 0. The minimum atomic E-state index is 0.828. The average molecular weight is 271 g/mol. The van der Waals surface area contributed by atoms with Gasteiger partial charge in [-0.25, -0.2) is 0 Å². The summed E-state index contributed by atoms with van der Waals surface area (Å²) in [6.07, 6.45) is 7.40. The van der Waals surface area contributed by atoms with E-state index in [4.69, 9.17) is 0 Å². The molecule has 2 heteroatoms. The molecule has 0 saturated heterocycles. The fraction of sp³-hybridized carbons (Fsp3) is 0.412. The Hall–Kier alpha value is -1.12. The van der Waals surface area contributed by atoms with E-state index in [0.717, 1.165) is 25.4 Å². The van der Waals surface area contributed by atoms with Gasteiger partial charge in [-0.1, -0.05) is 29.8 Å². The smallest absolute Gasteiger partial charge is 0.0345 e. The molecule has 0 spiro atoms. The number of nitrogens with one attached hydrogen (secondary N) is 1. The van der Waals surface area contributed by atoms with Crippen LogP contribution in [0.25, 0.3) is 10.1 Å². The predicted molar refractivity (Wildman–Crippen MR) is 84.9 cm³/mol. The van der Waals surface area contributed by atoms with Crippen molar-refractivity contribution in [3.8, 4) is 0 Å². The fourth-order valence-electron chi connectivity index (χ4n) is 2.44. The summed E-state index contributed by atoms with van der Waals surface area (Å²) in [7, 11) is 0. The van der Waals surface area contributed by atoms with E-state index < -0.39 is 0 Å². The van der Waals surface area contributed by atoms with Gasteiger partial charge >= 0.3 is 0 Å². The second-order valence-corrected chi connectivity index (χ2v) is 6.41. The molecule has 3 rings (SSSR count). The van der Waals surface area contributed by atoms with Crippen LogP contribution in [0.1, 0.15) is 31.7 Å². The first kappa shape index (κ1) is 12.9. The molecule has 1 heterocycles. The summed E-state index contributed by atoms with van der Waals surface area (Å²) in [5.41, 5.74) is 2.96. The van der Waals surface area contributed by atoms with Gasteiger partial charge in [-0.05, 0) is 61.5 Å². The van der Waals surface area contributed by atoms with Crippen molar-refractivity contribution >= 4 is 21.4 Å². The number of allylic oxidation sites excluding steroid dienone is 1. The van der Waals surface area contributed by atoms with Crippen LogP contribution in [0.5, 0.6) is 0 Å². The maximum absolute atomic E-state index is 3.56. The second kappa shape index (κ2) is 5.89. The van der Waals surface area contributed by atoms with Gasteiger partial charge in [-0.3, -0.25) is 0 Å². The Labute approximate surface area is 119 Å². The first-order chi connectivity index (χ1) is 9.33. The number of thiophene rings is 1. The minimum Gasteiger partial charge on any atom is -0.314 e. The Balaban J connectivity index is 1.58. The van der Waals surface area contributed by atoms with E-state index in [0.29, 0.717) is 0 Å². The van der Waals surface area contributed by atoms with Crippen molar-refractivity contribution in [2.24, 2.45) is 0 Å². The largest absolute Gasteiger partial charge is 0.314 e. The number of hydrogen-bond donors (Lipinski definition) is 1. The van der Waals surface area contributed by atoms with E-state index in [9.17, 15) is 0 Å². The molecule has 0 unspecified atom stereocenters. The van der Waals surface area contributed by atoms with Crippen molar-refractivity contribution in [2.75, 3.05) is 6.54 Å². The van der Waals surface area contributed by atoms with Crippen LogP contribution in [0.2, 0.25) is 0 Å². The summed E-state index contributed by atoms with van der Waals surface area (Å²) in [5, 5.41) is 7.30. The highest BCUT2D eigenvalue weighted by Crippen LogP contribution is 2.27. The zero-order valence-electron chi connectivity index (χ0n) is 11.5. The molecule has 1 saturated carbocycles. The minimum absolute atomic E-state index is 0.828.